The predicted octanol–water partition coefficient (Wildman–Crippen LogP) is 1.89. The van der Waals surface area contributed by atoms with E-state index in [2.05, 4.69) is 25.6 Å². The maximum atomic E-state index is 11.9. The van der Waals surface area contributed by atoms with Crippen LogP contribution in [0.2, 0.25) is 0 Å². The molecule has 2 aromatic heterocycles. The Morgan fingerprint density at radius 1 is 1.37 bits per heavy atom. The molecular formula is C16H15N7O3S. The van der Waals surface area contributed by atoms with Crippen molar-refractivity contribution < 1.29 is 9.72 Å². The van der Waals surface area contributed by atoms with Crippen molar-refractivity contribution in [1.29, 1.82) is 0 Å². The first-order chi connectivity index (χ1) is 12.9. The summed E-state index contributed by atoms with van der Waals surface area (Å²) >= 11 is 1.15. The van der Waals surface area contributed by atoms with Gasteiger partial charge in [-0.2, -0.15) is 10.1 Å². The highest BCUT2D eigenvalue weighted by molar-refractivity contribution is 7.99. The number of nitrogens with zero attached hydrogens (tertiary/aromatic N) is 6. The molecule has 3 aromatic rings. The van der Waals surface area contributed by atoms with Crippen molar-refractivity contribution in [2.24, 2.45) is 5.10 Å². The number of hydrogen-bond acceptors (Lipinski definition) is 8. The Bertz CT molecular complexity index is 1050. The van der Waals surface area contributed by atoms with Crippen molar-refractivity contribution in [1.82, 2.24) is 25.0 Å². The Labute approximate surface area is 157 Å². The van der Waals surface area contributed by atoms with Crippen molar-refractivity contribution in [3.05, 3.63) is 57.4 Å². The molecule has 0 radical (unpaired) electrons. The molecule has 2 heterocycles. The summed E-state index contributed by atoms with van der Waals surface area (Å²) in [6, 6.07) is 8.01. The summed E-state index contributed by atoms with van der Waals surface area (Å²) < 4.78 is 1.61. The lowest BCUT2D eigenvalue weighted by molar-refractivity contribution is -0.385. The van der Waals surface area contributed by atoms with Gasteiger partial charge in [0.1, 0.15) is 0 Å². The molecule has 1 amide bonds. The molecule has 10 nitrogen and oxygen atoms in total. The molecule has 0 aliphatic rings. The van der Waals surface area contributed by atoms with Crippen molar-refractivity contribution >= 4 is 35.3 Å². The molecule has 11 heteroatoms. The van der Waals surface area contributed by atoms with Crippen LogP contribution in [-0.2, 0) is 4.79 Å². The van der Waals surface area contributed by atoms with E-state index in [0.717, 1.165) is 23.1 Å². The van der Waals surface area contributed by atoms with Gasteiger partial charge < -0.3 is 0 Å². The van der Waals surface area contributed by atoms with Gasteiger partial charge in [-0.05, 0) is 26.0 Å². The second kappa shape index (κ2) is 7.91. The number of thioether (sulfide) groups is 1. The molecule has 0 spiro atoms. The van der Waals surface area contributed by atoms with E-state index < -0.39 is 4.92 Å². The zero-order valence-corrected chi connectivity index (χ0v) is 15.3. The summed E-state index contributed by atoms with van der Waals surface area (Å²) in [5.41, 5.74) is 4.28. The van der Waals surface area contributed by atoms with Gasteiger partial charge in [0.05, 0.1) is 22.5 Å². The van der Waals surface area contributed by atoms with Crippen LogP contribution in [0.5, 0.6) is 0 Å². The van der Waals surface area contributed by atoms with Crippen molar-refractivity contribution in [2.45, 2.75) is 19.0 Å². The molecule has 3 rings (SSSR count). The molecule has 1 aromatic carbocycles. The number of rotatable bonds is 6. The van der Waals surface area contributed by atoms with Gasteiger partial charge in [-0.25, -0.2) is 14.9 Å². The fraction of sp³-hybridized carbons (Fsp3) is 0.188. The molecular weight excluding hydrogens is 370 g/mol. The van der Waals surface area contributed by atoms with Gasteiger partial charge in [-0.3, -0.25) is 14.9 Å². The first-order valence-corrected chi connectivity index (χ1v) is 8.82. The SMILES string of the molecule is Cc1cc(C)n2nc(SCC(=O)N/N=C/c3ccccc3[N+](=O)[O-])nc2n1. The number of benzene rings is 1. The highest BCUT2D eigenvalue weighted by Gasteiger charge is 2.11. The average Bonchev–Trinajstić information content (AvgIpc) is 3.03. The molecule has 0 saturated carbocycles. The fourth-order valence-electron chi connectivity index (χ4n) is 2.31. The zero-order chi connectivity index (χ0) is 19.4. The smallest absolute Gasteiger partial charge is 0.272 e. The number of carbonyl (C=O) groups is 1. The van der Waals surface area contributed by atoms with Crippen LogP contribution in [0.25, 0.3) is 5.78 Å². The Balaban J connectivity index is 1.59. The first kappa shape index (κ1) is 18.5. The number of hydrazone groups is 1. The Morgan fingerprint density at radius 3 is 2.93 bits per heavy atom. The van der Waals surface area contributed by atoms with Crippen molar-refractivity contribution in [2.75, 3.05) is 5.75 Å². The van der Waals surface area contributed by atoms with E-state index in [1.54, 1.807) is 22.7 Å². The van der Waals surface area contributed by atoms with Gasteiger partial charge in [-0.1, -0.05) is 23.9 Å². The molecule has 0 aliphatic heterocycles. The van der Waals surface area contributed by atoms with E-state index in [-0.39, 0.29) is 17.3 Å². The summed E-state index contributed by atoms with van der Waals surface area (Å²) in [5, 5.41) is 19.4. The maximum Gasteiger partial charge on any atom is 0.278 e. The average molecular weight is 385 g/mol. The van der Waals surface area contributed by atoms with Gasteiger partial charge in [0.2, 0.25) is 5.16 Å². The molecule has 138 valence electrons. The van der Waals surface area contributed by atoms with Crippen LogP contribution in [0.1, 0.15) is 17.0 Å². The minimum Gasteiger partial charge on any atom is -0.272 e. The highest BCUT2D eigenvalue weighted by atomic mass is 32.2. The third-order valence-corrected chi connectivity index (χ3v) is 4.30. The van der Waals surface area contributed by atoms with E-state index >= 15 is 0 Å². The van der Waals surface area contributed by atoms with E-state index in [9.17, 15) is 14.9 Å². The van der Waals surface area contributed by atoms with Crippen molar-refractivity contribution in [3.63, 3.8) is 0 Å². The van der Waals surface area contributed by atoms with Crippen LogP contribution in [0.3, 0.4) is 0 Å². The summed E-state index contributed by atoms with van der Waals surface area (Å²) in [5.74, 6) is 0.141. The maximum absolute atomic E-state index is 11.9. The molecule has 0 aliphatic carbocycles. The van der Waals surface area contributed by atoms with Crippen LogP contribution in [0, 0.1) is 24.0 Å². The number of amides is 1. The standard InChI is InChI=1S/C16H15N7O3S/c1-10-7-11(2)22-15(18-10)19-16(21-22)27-9-14(24)20-17-8-12-5-3-4-6-13(12)23(25)26/h3-8H,9H2,1-2H3,(H,20,24)/b17-8+. The van der Waals surface area contributed by atoms with Crippen LogP contribution < -0.4 is 5.43 Å². The molecule has 0 fully saturated rings. The summed E-state index contributed by atoms with van der Waals surface area (Å²) in [6.45, 7) is 3.77. The van der Waals surface area contributed by atoms with Crippen LogP contribution in [-0.4, -0.2) is 42.4 Å². The van der Waals surface area contributed by atoms with Crippen LogP contribution in [0.15, 0.2) is 40.6 Å². The molecule has 1 N–H and O–H groups in total. The summed E-state index contributed by atoms with van der Waals surface area (Å²) in [4.78, 5) is 30.9. The van der Waals surface area contributed by atoms with Crippen LogP contribution >= 0.6 is 11.8 Å². The van der Waals surface area contributed by atoms with Crippen molar-refractivity contribution in [3.8, 4) is 0 Å². The second-order valence-corrected chi connectivity index (χ2v) is 6.49. The topological polar surface area (TPSA) is 128 Å². The number of aryl methyl sites for hydroxylation is 2. The minimum absolute atomic E-state index is 0.0448. The lowest BCUT2D eigenvalue weighted by atomic mass is 10.2. The molecule has 0 bridgehead atoms. The number of nitro benzene ring substituents is 1. The van der Waals surface area contributed by atoms with Gasteiger partial charge in [-0.15, -0.1) is 5.10 Å². The number of nitrogens with one attached hydrogen (secondary N) is 1. The van der Waals surface area contributed by atoms with E-state index in [1.165, 1.54) is 12.3 Å². The largest absolute Gasteiger partial charge is 0.278 e. The van der Waals surface area contributed by atoms with Gasteiger partial charge in [0.25, 0.3) is 17.4 Å². The predicted molar refractivity (Wildman–Crippen MR) is 99.8 cm³/mol. The third kappa shape index (κ3) is 4.44. The second-order valence-electron chi connectivity index (χ2n) is 5.54. The van der Waals surface area contributed by atoms with E-state index in [4.69, 9.17) is 0 Å². The minimum atomic E-state index is -0.508. The number of aromatic nitrogens is 4. The van der Waals surface area contributed by atoms with Crippen LogP contribution in [0.4, 0.5) is 5.69 Å². The molecule has 27 heavy (non-hydrogen) atoms. The van der Waals surface area contributed by atoms with E-state index in [1.807, 2.05) is 19.9 Å². The number of para-hydroxylation sites is 1. The Hall–Kier alpha value is -3.34. The quantitative estimate of drug-likeness (QED) is 0.297. The monoisotopic (exact) mass is 385 g/mol. The number of fused-ring (bicyclic) bond motifs is 1. The zero-order valence-electron chi connectivity index (χ0n) is 14.5. The van der Waals surface area contributed by atoms with Gasteiger partial charge >= 0.3 is 0 Å². The van der Waals surface area contributed by atoms with E-state index in [0.29, 0.717) is 16.5 Å². The Morgan fingerprint density at radius 2 is 2.15 bits per heavy atom. The molecule has 0 atom stereocenters. The number of carbonyl (C=O) groups excluding carboxylic acids is 1. The first-order valence-electron chi connectivity index (χ1n) is 7.83. The summed E-state index contributed by atoms with van der Waals surface area (Å²) in [6.07, 6.45) is 1.24. The third-order valence-electron chi connectivity index (χ3n) is 3.46. The highest BCUT2D eigenvalue weighted by Crippen LogP contribution is 2.16. The normalized spacial score (nSPS) is 11.2. The lowest BCUT2D eigenvalue weighted by Gasteiger charge is -1.98. The molecule has 0 unspecified atom stereocenters. The number of nitro groups is 1. The van der Waals surface area contributed by atoms with Gasteiger partial charge in [0, 0.05) is 17.5 Å². The number of hydrogen-bond donors (Lipinski definition) is 1. The lowest BCUT2D eigenvalue weighted by Crippen LogP contribution is -2.19. The molecule has 0 saturated heterocycles. The van der Waals surface area contributed by atoms with Gasteiger partial charge in [0.15, 0.2) is 0 Å². The summed E-state index contributed by atoms with van der Waals surface area (Å²) in [7, 11) is 0. The Kier molecular flexibility index (Phi) is 5.41. The fourth-order valence-corrected chi connectivity index (χ4v) is 2.92.